The molecule has 140 valence electrons. The SMILES string of the molecule is Cc1ccccc1N(c1cc(-c2ccc(F)c(Cl)c2)sc1C(=O)O)S(=O)O. The summed E-state index contributed by atoms with van der Waals surface area (Å²) in [4.78, 5) is 12.1. The molecule has 27 heavy (non-hydrogen) atoms. The molecule has 0 aliphatic heterocycles. The molecular weight excluding hydrogens is 413 g/mol. The van der Waals surface area contributed by atoms with Gasteiger partial charge in [-0.3, -0.25) is 4.55 Å². The molecule has 1 atom stereocenters. The second-order valence-electron chi connectivity index (χ2n) is 5.57. The summed E-state index contributed by atoms with van der Waals surface area (Å²) in [6, 6.07) is 12.4. The molecule has 1 aromatic heterocycles. The molecule has 3 rings (SSSR count). The van der Waals surface area contributed by atoms with Gasteiger partial charge in [0.2, 0.25) is 0 Å². The van der Waals surface area contributed by atoms with Crippen LogP contribution in [0.15, 0.2) is 48.5 Å². The molecule has 2 N–H and O–H groups in total. The molecule has 3 aromatic rings. The summed E-state index contributed by atoms with van der Waals surface area (Å²) in [5.41, 5.74) is 1.68. The van der Waals surface area contributed by atoms with Crippen LogP contribution in [-0.4, -0.2) is 19.8 Å². The van der Waals surface area contributed by atoms with Crippen LogP contribution >= 0.6 is 22.9 Å². The summed E-state index contributed by atoms with van der Waals surface area (Å²) in [5, 5.41) is 9.49. The number of anilines is 2. The van der Waals surface area contributed by atoms with Crippen molar-refractivity contribution in [1.82, 2.24) is 0 Å². The Morgan fingerprint density at radius 1 is 1.19 bits per heavy atom. The van der Waals surface area contributed by atoms with Gasteiger partial charge in [-0.1, -0.05) is 35.9 Å². The summed E-state index contributed by atoms with van der Waals surface area (Å²) in [5.74, 6) is -1.83. The number of halogens is 2. The zero-order chi connectivity index (χ0) is 19.7. The number of benzene rings is 2. The number of para-hydroxylation sites is 1. The first kappa shape index (κ1) is 19.5. The Kier molecular flexibility index (Phi) is 5.61. The molecule has 2 aromatic carbocycles. The Labute approximate surface area is 166 Å². The van der Waals surface area contributed by atoms with Gasteiger partial charge < -0.3 is 5.11 Å². The first-order chi connectivity index (χ1) is 12.8. The average Bonchev–Trinajstić information content (AvgIpc) is 3.04. The van der Waals surface area contributed by atoms with E-state index in [0.29, 0.717) is 21.7 Å². The van der Waals surface area contributed by atoms with Gasteiger partial charge >= 0.3 is 5.97 Å². The van der Waals surface area contributed by atoms with E-state index in [2.05, 4.69) is 0 Å². The average molecular weight is 426 g/mol. The number of hydrogen-bond acceptors (Lipinski definition) is 3. The van der Waals surface area contributed by atoms with Gasteiger partial charge in [0.05, 0.1) is 16.4 Å². The summed E-state index contributed by atoms with van der Waals surface area (Å²) in [6.07, 6.45) is 0. The zero-order valence-electron chi connectivity index (χ0n) is 13.8. The third-order valence-corrected chi connectivity index (χ3v) is 5.98. The fourth-order valence-electron chi connectivity index (χ4n) is 2.57. The van der Waals surface area contributed by atoms with E-state index in [9.17, 15) is 23.1 Å². The molecule has 9 heteroatoms. The minimum Gasteiger partial charge on any atom is -0.477 e. The maximum atomic E-state index is 13.4. The summed E-state index contributed by atoms with van der Waals surface area (Å²) >= 11 is 4.23. The fraction of sp³-hybridized carbons (Fsp3) is 0.0556. The van der Waals surface area contributed by atoms with Crippen molar-refractivity contribution < 1.29 is 23.1 Å². The second kappa shape index (κ2) is 7.77. The third kappa shape index (κ3) is 3.89. The van der Waals surface area contributed by atoms with Gasteiger partial charge in [0, 0.05) is 4.88 Å². The molecule has 1 heterocycles. The van der Waals surface area contributed by atoms with E-state index in [4.69, 9.17) is 11.6 Å². The second-order valence-corrected chi connectivity index (χ2v) is 7.86. The van der Waals surface area contributed by atoms with E-state index in [-0.39, 0.29) is 15.6 Å². The van der Waals surface area contributed by atoms with Gasteiger partial charge in [-0.2, -0.15) is 0 Å². The molecule has 0 bridgehead atoms. The molecule has 0 fully saturated rings. The highest BCUT2D eigenvalue weighted by molar-refractivity contribution is 7.81. The first-order valence-electron chi connectivity index (χ1n) is 7.59. The maximum Gasteiger partial charge on any atom is 0.348 e. The normalized spacial score (nSPS) is 12.0. The van der Waals surface area contributed by atoms with Crippen molar-refractivity contribution in [3.63, 3.8) is 0 Å². The molecule has 0 radical (unpaired) electrons. The summed E-state index contributed by atoms with van der Waals surface area (Å²) in [6.45, 7) is 1.75. The van der Waals surface area contributed by atoms with Crippen LogP contribution in [0.25, 0.3) is 10.4 Å². The topological polar surface area (TPSA) is 77.8 Å². The van der Waals surface area contributed by atoms with Gasteiger partial charge in [-0.05, 0) is 42.3 Å². The van der Waals surface area contributed by atoms with Gasteiger partial charge in [0.15, 0.2) is 0 Å². The Hall–Kier alpha value is -2.26. The van der Waals surface area contributed by atoms with Crippen molar-refractivity contribution in [2.45, 2.75) is 6.92 Å². The van der Waals surface area contributed by atoms with Crippen LogP contribution in [0, 0.1) is 12.7 Å². The van der Waals surface area contributed by atoms with Gasteiger partial charge in [-0.15, -0.1) is 11.3 Å². The number of hydrogen-bond donors (Lipinski definition) is 2. The number of aryl methyl sites for hydroxylation is 1. The number of rotatable bonds is 5. The number of nitrogens with zero attached hydrogens (tertiary/aromatic N) is 1. The highest BCUT2D eigenvalue weighted by Gasteiger charge is 2.26. The summed E-state index contributed by atoms with van der Waals surface area (Å²) in [7, 11) is 0. The standard InChI is InChI=1S/C18H13ClFNO4S2/c1-10-4-2-3-5-14(10)21(27(24)25)15-9-16(26-17(15)18(22)23)11-6-7-13(20)12(19)8-11/h2-9H,1H3,(H,22,23)(H,24,25). The molecule has 0 saturated carbocycles. The molecule has 5 nitrogen and oxygen atoms in total. The van der Waals surface area contributed by atoms with Crippen molar-refractivity contribution in [3.8, 4) is 10.4 Å². The summed E-state index contributed by atoms with van der Waals surface area (Å²) < 4.78 is 36.4. The van der Waals surface area contributed by atoms with E-state index in [1.807, 2.05) is 0 Å². The van der Waals surface area contributed by atoms with Crippen LogP contribution in [-0.2, 0) is 11.3 Å². The highest BCUT2D eigenvalue weighted by Crippen LogP contribution is 2.41. The van der Waals surface area contributed by atoms with Crippen LogP contribution in [0.4, 0.5) is 15.8 Å². The minimum absolute atomic E-state index is 0.0677. The molecule has 0 saturated heterocycles. The number of thiophene rings is 1. The third-order valence-electron chi connectivity index (χ3n) is 3.82. The van der Waals surface area contributed by atoms with Gasteiger partial charge in [0.1, 0.15) is 10.7 Å². The van der Waals surface area contributed by atoms with Crippen LogP contribution in [0.1, 0.15) is 15.2 Å². The lowest BCUT2D eigenvalue weighted by Crippen LogP contribution is -2.21. The predicted molar refractivity (Wildman–Crippen MR) is 106 cm³/mol. The zero-order valence-corrected chi connectivity index (χ0v) is 16.2. The Morgan fingerprint density at radius 2 is 1.89 bits per heavy atom. The first-order valence-corrected chi connectivity index (χ1v) is 9.84. The smallest absolute Gasteiger partial charge is 0.348 e. The molecule has 0 aliphatic carbocycles. The Morgan fingerprint density at radius 3 is 2.48 bits per heavy atom. The van der Waals surface area contributed by atoms with Crippen molar-refractivity contribution >= 4 is 51.5 Å². The van der Waals surface area contributed by atoms with Gasteiger partial charge in [0.25, 0.3) is 11.3 Å². The van der Waals surface area contributed by atoms with E-state index >= 15 is 0 Å². The molecular formula is C18H13ClFNO4S2. The van der Waals surface area contributed by atoms with Crippen molar-refractivity contribution in [2.75, 3.05) is 4.31 Å². The van der Waals surface area contributed by atoms with Crippen molar-refractivity contribution in [2.24, 2.45) is 0 Å². The molecule has 0 aliphatic rings. The van der Waals surface area contributed by atoms with Gasteiger partial charge in [-0.25, -0.2) is 17.7 Å². The van der Waals surface area contributed by atoms with Crippen LogP contribution in [0.5, 0.6) is 0 Å². The Bertz CT molecular complexity index is 1050. The number of carboxylic acid groups (broad SMARTS) is 1. The largest absolute Gasteiger partial charge is 0.477 e. The lowest BCUT2D eigenvalue weighted by molar-refractivity contribution is 0.0703. The van der Waals surface area contributed by atoms with Crippen LogP contribution in [0.2, 0.25) is 5.02 Å². The van der Waals surface area contributed by atoms with Crippen molar-refractivity contribution in [3.05, 3.63) is 69.8 Å². The number of carboxylic acids is 1. The molecule has 0 spiro atoms. The lowest BCUT2D eigenvalue weighted by Gasteiger charge is -2.21. The van der Waals surface area contributed by atoms with Crippen molar-refractivity contribution in [1.29, 1.82) is 0 Å². The highest BCUT2D eigenvalue weighted by atomic mass is 35.5. The van der Waals surface area contributed by atoms with E-state index in [0.717, 1.165) is 15.6 Å². The predicted octanol–water partition coefficient (Wildman–Crippen LogP) is 5.49. The molecule has 0 amide bonds. The number of aromatic carboxylic acids is 1. The number of carbonyl (C=O) groups is 1. The van der Waals surface area contributed by atoms with E-state index in [1.165, 1.54) is 24.3 Å². The fourth-order valence-corrected chi connectivity index (χ4v) is 4.47. The Balaban J connectivity index is 2.20. The maximum absolute atomic E-state index is 13.4. The molecule has 1 unspecified atom stereocenters. The van der Waals surface area contributed by atoms with Crippen LogP contribution in [0.3, 0.4) is 0 Å². The monoisotopic (exact) mass is 425 g/mol. The lowest BCUT2D eigenvalue weighted by atomic mass is 10.1. The minimum atomic E-state index is -2.50. The quantitative estimate of drug-likeness (QED) is 0.530. The van der Waals surface area contributed by atoms with E-state index in [1.54, 1.807) is 31.2 Å². The van der Waals surface area contributed by atoms with E-state index < -0.39 is 23.1 Å². The van der Waals surface area contributed by atoms with Crippen LogP contribution < -0.4 is 4.31 Å².